The molecular formula is C88H170O5. The Kier molecular flexibility index (Phi) is 83.1. The number of carbonyl (C=O) groups is 2. The number of esters is 2. The third-order valence-corrected chi connectivity index (χ3v) is 20.5. The van der Waals surface area contributed by atoms with E-state index in [0.717, 1.165) is 38.5 Å². The van der Waals surface area contributed by atoms with Gasteiger partial charge in [-0.05, 0) is 44.9 Å². The number of ether oxygens (including phenoxy) is 2. The lowest BCUT2D eigenvalue weighted by Crippen LogP contribution is -2.28. The average Bonchev–Trinajstić information content (AvgIpc) is 3.59. The predicted molar refractivity (Wildman–Crippen MR) is 413 cm³/mol. The molecule has 0 saturated heterocycles. The number of aliphatic hydroxyl groups is 1. The first-order valence-corrected chi connectivity index (χ1v) is 43.4. The van der Waals surface area contributed by atoms with Crippen molar-refractivity contribution in [1.82, 2.24) is 0 Å². The van der Waals surface area contributed by atoms with Gasteiger partial charge in [0.25, 0.3) is 0 Å². The van der Waals surface area contributed by atoms with E-state index < -0.39 is 6.10 Å². The van der Waals surface area contributed by atoms with Gasteiger partial charge in [-0.3, -0.25) is 9.59 Å². The van der Waals surface area contributed by atoms with Crippen LogP contribution in [0.4, 0.5) is 0 Å². The highest BCUT2D eigenvalue weighted by Crippen LogP contribution is 2.21. The van der Waals surface area contributed by atoms with Gasteiger partial charge in [0.2, 0.25) is 0 Å². The van der Waals surface area contributed by atoms with Crippen molar-refractivity contribution in [1.29, 1.82) is 0 Å². The van der Waals surface area contributed by atoms with Crippen LogP contribution in [0.25, 0.3) is 0 Å². The second-order valence-corrected chi connectivity index (χ2v) is 30.0. The van der Waals surface area contributed by atoms with Gasteiger partial charge in [-0.2, -0.15) is 0 Å². The largest absolute Gasteiger partial charge is 0.462 e. The van der Waals surface area contributed by atoms with E-state index >= 15 is 0 Å². The van der Waals surface area contributed by atoms with E-state index in [1.165, 1.54) is 443 Å². The molecular weight excluding hydrogens is 1140 g/mol. The summed E-state index contributed by atoms with van der Waals surface area (Å²) in [6.07, 6.45) is 113. The molecule has 0 aliphatic carbocycles. The molecule has 0 spiro atoms. The van der Waals surface area contributed by atoms with Crippen LogP contribution in [0, 0.1) is 0 Å². The number of hydrogen-bond donors (Lipinski definition) is 1. The summed E-state index contributed by atoms with van der Waals surface area (Å²) in [6.45, 7) is 4.22. The predicted octanol–water partition coefficient (Wildman–Crippen LogP) is 30.6. The normalized spacial score (nSPS) is 12.2. The van der Waals surface area contributed by atoms with E-state index in [2.05, 4.69) is 38.2 Å². The van der Waals surface area contributed by atoms with E-state index in [4.69, 9.17) is 9.47 Å². The van der Waals surface area contributed by atoms with Gasteiger partial charge < -0.3 is 14.6 Å². The molecule has 0 amide bonds. The monoisotopic (exact) mass is 1310 g/mol. The van der Waals surface area contributed by atoms with Gasteiger partial charge in [0.1, 0.15) is 6.61 Å². The number of unbranched alkanes of at least 4 members (excludes halogenated alkanes) is 71. The molecule has 0 aromatic carbocycles. The summed E-state index contributed by atoms with van der Waals surface area (Å²) < 4.78 is 10.8. The maximum absolute atomic E-state index is 12.4. The fourth-order valence-corrected chi connectivity index (χ4v) is 14.0. The molecule has 0 aliphatic rings. The van der Waals surface area contributed by atoms with Crippen LogP contribution in [0.15, 0.2) is 24.3 Å². The Morgan fingerprint density at radius 1 is 0.247 bits per heavy atom. The minimum atomic E-state index is -0.768. The number of aliphatic hydroxyl groups excluding tert-OH is 1. The van der Waals surface area contributed by atoms with Crippen LogP contribution in [0.3, 0.4) is 0 Å². The molecule has 0 aliphatic heterocycles. The van der Waals surface area contributed by atoms with Gasteiger partial charge >= 0.3 is 11.9 Å². The standard InChI is InChI=1S/C88H170O5/c1-3-5-7-9-11-13-15-17-19-21-23-25-27-29-31-33-35-37-39-41-43-44-45-47-49-51-53-55-57-59-61-63-65-67-69-71-73-75-77-79-81-83-88(91)93-86(84-89)85-92-87(90)82-80-78-76-74-72-70-68-66-64-62-60-58-56-54-52-50-48-46-42-40-38-36-34-32-30-28-26-24-22-20-18-16-14-12-10-8-6-4-2/h15,17,21,23,86,89H,3-14,16,18-20,22,24-85H2,1-2H3/b17-15-,23-21-. The molecule has 0 fully saturated rings. The Bertz CT molecular complexity index is 1440. The lowest BCUT2D eigenvalue weighted by Gasteiger charge is -2.15. The molecule has 93 heavy (non-hydrogen) atoms. The van der Waals surface area contributed by atoms with E-state index in [1.807, 2.05) is 0 Å². The molecule has 0 saturated carbocycles. The van der Waals surface area contributed by atoms with Crippen molar-refractivity contribution in [3.05, 3.63) is 24.3 Å². The average molecular weight is 1310 g/mol. The zero-order valence-corrected chi connectivity index (χ0v) is 63.8. The summed E-state index contributed by atoms with van der Waals surface area (Å²) in [5.41, 5.74) is 0. The van der Waals surface area contributed by atoms with E-state index in [-0.39, 0.29) is 25.2 Å². The van der Waals surface area contributed by atoms with Gasteiger partial charge in [0, 0.05) is 12.8 Å². The van der Waals surface area contributed by atoms with E-state index in [0.29, 0.717) is 12.8 Å². The first kappa shape index (κ1) is 91.4. The van der Waals surface area contributed by atoms with Crippen molar-refractivity contribution in [3.63, 3.8) is 0 Å². The molecule has 5 nitrogen and oxygen atoms in total. The molecule has 0 heterocycles. The first-order chi connectivity index (χ1) is 46.1. The SMILES string of the molecule is CCCCCCC/C=C\C/C=C\CCCCCCCCCCCCCCCCCCCCCCCCCCCCCCCC(=O)OC(CO)COC(=O)CCCCCCCCCCCCCCCCCCCCCCCCCCCCCCCCCCCCCCCC. The van der Waals surface area contributed by atoms with Crippen LogP contribution < -0.4 is 0 Å². The smallest absolute Gasteiger partial charge is 0.306 e. The Labute approximate surface area is 584 Å². The van der Waals surface area contributed by atoms with E-state index in [1.54, 1.807) is 0 Å². The van der Waals surface area contributed by atoms with Crippen molar-refractivity contribution in [3.8, 4) is 0 Å². The third kappa shape index (κ3) is 82.7. The Morgan fingerprint density at radius 3 is 0.634 bits per heavy atom. The maximum Gasteiger partial charge on any atom is 0.306 e. The maximum atomic E-state index is 12.4. The molecule has 0 rings (SSSR count). The van der Waals surface area contributed by atoms with Crippen molar-refractivity contribution < 1.29 is 24.2 Å². The first-order valence-electron chi connectivity index (χ1n) is 43.4. The highest BCUT2D eigenvalue weighted by atomic mass is 16.6. The lowest BCUT2D eigenvalue weighted by atomic mass is 10.0. The van der Waals surface area contributed by atoms with Crippen LogP contribution in [0.1, 0.15) is 508 Å². The Morgan fingerprint density at radius 2 is 0.430 bits per heavy atom. The Hall–Kier alpha value is -1.62. The van der Waals surface area contributed by atoms with Crippen LogP contribution in [-0.2, 0) is 19.1 Å². The van der Waals surface area contributed by atoms with Gasteiger partial charge in [0.15, 0.2) is 6.10 Å². The molecule has 1 unspecified atom stereocenters. The number of carbonyl (C=O) groups excluding carboxylic acids is 2. The lowest BCUT2D eigenvalue weighted by molar-refractivity contribution is -0.161. The van der Waals surface area contributed by atoms with Crippen LogP contribution >= 0.6 is 0 Å². The van der Waals surface area contributed by atoms with Crippen LogP contribution in [-0.4, -0.2) is 36.4 Å². The summed E-state index contributed by atoms with van der Waals surface area (Å²) in [6, 6.07) is 0. The quantitative estimate of drug-likeness (QED) is 0.0373. The fraction of sp³-hybridized carbons (Fsp3) is 0.932. The second-order valence-electron chi connectivity index (χ2n) is 30.0. The summed E-state index contributed by atoms with van der Waals surface area (Å²) in [5.74, 6) is -0.557. The molecule has 552 valence electrons. The fourth-order valence-electron chi connectivity index (χ4n) is 14.0. The van der Waals surface area contributed by atoms with Crippen molar-refractivity contribution in [2.75, 3.05) is 13.2 Å². The van der Waals surface area contributed by atoms with Crippen molar-refractivity contribution >= 4 is 11.9 Å². The van der Waals surface area contributed by atoms with E-state index in [9.17, 15) is 14.7 Å². The minimum absolute atomic E-state index is 0.0564. The summed E-state index contributed by atoms with van der Waals surface area (Å²) in [7, 11) is 0. The second kappa shape index (κ2) is 84.6. The third-order valence-electron chi connectivity index (χ3n) is 20.5. The zero-order chi connectivity index (χ0) is 66.8. The van der Waals surface area contributed by atoms with Crippen LogP contribution in [0.5, 0.6) is 0 Å². The van der Waals surface area contributed by atoms with Crippen molar-refractivity contribution in [2.45, 2.75) is 514 Å². The van der Waals surface area contributed by atoms with Crippen molar-refractivity contribution in [2.24, 2.45) is 0 Å². The van der Waals surface area contributed by atoms with Gasteiger partial charge in [-0.25, -0.2) is 0 Å². The summed E-state index contributed by atoms with van der Waals surface area (Å²) in [4.78, 5) is 24.8. The van der Waals surface area contributed by atoms with Gasteiger partial charge in [0.05, 0.1) is 6.61 Å². The molecule has 5 heteroatoms. The molecule has 0 aromatic rings. The highest BCUT2D eigenvalue weighted by Gasteiger charge is 2.16. The molecule has 0 radical (unpaired) electrons. The summed E-state index contributed by atoms with van der Waals surface area (Å²) in [5, 5.41) is 9.74. The molecule has 0 aromatic heterocycles. The molecule has 1 N–H and O–H groups in total. The number of allylic oxidation sites excluding steroid dienone is 4. The molecule has 0 bridgehead atoms. The zero-order valence-electron chi connectivity index (χ0n) is 63.8. The minimum Gasteiger partial charge on any atom is -0.462 e. The highest BCUT2D eigenvalue weighted by molar-refractivity contribution is 5.70. The van der Waals surface area contributed by atoms with Gasteiger partial charge in [-0.15, -0.1) is 0 Å². The topological polar surface area (TPSA) is 72.8 Å². The van der Waals surface area contributed by atoms with Crippen LogP contribution in [0.2, 0.25) is 0 Å². The van der Waals surface area contributed by atoms with Gasteiger partial charge in [-0.1, -0.05) is 475 Å². The number of hydrogen-bond acceptors (Lipinski definition) is 5. The Balaban J connectivity index is 3.33. The summed E-state index contributed by atoms with van der Waals surface area (Å²) >= 11 is 0. The number of rotatable bonds is 83. The molecule has 1 atom stereocenters.